The molecule has 1 fully saturated rings. The summed E-state index contributed by atoms with van der Waals surface area (Å²) in [6, 6.07) is 4.60. The highest BCUT2D eigenvalue weighted by Gasteiger charge is 2.36. The van der Waals surface area contributed by atoms with Crippen LogP contribution in [-0.4, -0.2) is 56.3 Å². The number of aromatic nitrogens is 3. The van der Waals surface area contributed by atoms with Gasteiger partial charge >= 0.3 is 0 Å². The molecular formula is C31H37Cl2F4N5O4. The summed E-state index contributed by atoms with van der Waals surface area (Å²) in [5, 5.41) is 15.8. The fourth-order valence-electron chi connectivity index (χ4n) is 5.44. The highest BCUT2D eigenvalue weighted by Crippen LogP contribution is 2.40. The predicted octanol–water partition coefficient (Wildman–Crippen LogP) is 7.85. The first-order chi connectivity index (χ1) is 21.5. The molecule has 0 atom stereocenters. The average Bonchev–Trinajstić information content (AvgIpc) is 3.37. The van der Waals surface area contributed by atoms with Crippen molar-refractivity contribution < 1.29 is 37.0 Å². The average molecular weight is 691 g/mol. The number of aliphatic hydroxyl groups is 1. The topological polar surface area (TPSA) is 129 Å². The van der Waals surface area contributed by atoms with E-state index in [0.717, 1.165) is 6.92 Å². The van der Waals surface area contributed by atoms with E-state index in [2.05, 4.69) is 25.6 Å². The van der Waals surface area contributed by atoms with Crippen molar-refractivity contribution in [3.63, 3.8) is 0 Å². The van der Waals surface area contributed by atoms with Gasteiger partial charge in [-0.1, -0.05) is 35.7 Å². The van der Waals surface area contributed by atoms with Crippen molar-refractivity contribution in [1.82, 2.24) is 20.3 Å². The summed E-state index contributed by atoms with van der Waals surface area (Å²) in [5.74, 6) is -4.17. The smallest absolute Gasteiger partial charge is 0.272 e. The summed E-state index contributed by atoms with van der Waals surface area (Å²) in [6.07, 6.45) is 0.743. The Balaban J connectivity index is 1.49. The first kappa shape index (κ1) is 35.7. The van der Waals surface area contributed by atoms with Crippen molar-refractivity contribution in [2.45, 2.75) is 90.2 Å². The number of hydrogen-bond acceptors (Lipinski definition) is 7. The number of carbonyl (C=O) groups excluding carboxylic acids is 2. The van der Waals surface area contributed by atoms with Gasteiger partial charge in [0.15, 0.2) is 18.0 Å². The quantitative estimate of drug-likeness (QED) is 0.100. The molecule has 4 N–H and O–H groups in total. The summed E-state index contributed by atoms with van der Waals surface area (Å²) < 4.78 is 58.5. The van der Waals surface area contributed by atoms with Crippen LogP contribution in [0, 0.1) is 11.8 Å². The van der Waals surface area contributed by atoms with Gasteiger partial charge in [-0.05, 0) is 76.5 Å². The van der Waals surface area contributed by atoms with Gasteiger partial charge in [0.2, 0.25) is 17.8 Å². The van der Waals surface area contributed by atoms with Gasteiger partial charge in [-0.25, -0.2) is 17.6 Å². The SMILES string of the molecule is CC(C)(O)C(=O)NCc1ccc(Cl)c(Nc2nc3nc(OCC(F)F)c(C(=O)CCCC4CCC(C(C)(F)F)CC4)cc3[nH]2)c1Cl. The number of imidazole rings is 1. The fraction of sp³-hybridized carbons (Fsp3) is 0.548. The Morgan fingerprint density at radius 1 is 1.13 bits per heavy atom. The van der Waals surface area contributed by atoms with Crippen molar-refractivity contribution in [2.24, 2.45) is 11.8 Å². The molecule has 46 heavy (non-hydrogen) atoms. The number of rotatable bonds is 14. The number of ketones is 1. The second-order valence-electron chi connectivity index (χ2n) is 12.3. The second kappa shape index (κ2) is 14.7. The van der Waals surface area contributed by atoms with E-state index in [4.69, 9.17) is 27.9 Å². The third kappa shape index (κ3) is 9.22. The lowest BCUT2D eigenvalue weighted by molar-refractivity contribution is -0.136. The Hall–Kier alpha value is -3.16. The van der Waals surface area contributed by atoms with E-state index in [1.54, 1.807) is 12.1 Å². The van der Waals surface area contributed by atoms with Crippen LogP contribution < -0.4 is 15.4 Å². The molecule has 0 unspecified atom stereocenters. The number of benzene rings is 1. The third-order valence-corrected chi connectivity index (χ3v) is 8.82. The third-order valence-electron chi connectivity index (χ3n) is 8.07. The number of nitrogens with zero attached hydrogens (tertiary/aromatic N) is 2. The van der Waals surface area contributed by atoms with E-state index in [9.17, 15) is 32.3 Å². The van der Waals surface area contributed by atoms with Crippen LogP contribution in [0.1, 0.15) is 81.6 Å². The van der Waals surface area contributed by atoms with E-state index >= 15 is 0 Å². The number of aromatic amines is 1. The maximum Gasteiger partial charge on any atom is 0.272 e. The number of nitrogens with one attached hydrogen (secondary N) is 3. The van der Waals surface area contributed by atoms with Crippen molar-refractivity contribution in [3.8, 4) is 5.88 Å². The van der Waals surface area contributed by atoms with Crippen LogP contribution in [0.3, 0.4) is 0 Å². The molecule has 1 saturated carbocycles. The van der Waals surface area contributed by atoms with E-state index in [0.29, 0.717) is 49.6 Å². The molecule has 1 aliphatic carbocycles. The molecule has 0 bridgehead atoms. The largest absolute Gasteiger partial charge is 0.471 e. The van der Waals surface area contributed by atoms with Gasteiger partial charge in [-0.3, -0.25) is 9.59 Å². The summed E-state index contributed by atoms with van der Waals surface area (Å²) in [4.78, 5) is 36.9. The van der Waals surface area contributed by atoms with Crippen LogP contribution in [0.15, 0.2) is 18.2 Å². The standard InChI is InChI=1S/C31H37Cl2F4N5O4/c1-30(2,45)28(44)38-14-17-9-12-20(32)25(24(17)33)40-29-39-21-13-19(27(41-26(21)42-29)46-15-23(34)35)22(43)6-4-5-16-7-10-18(11-8-16)31(3,36)37/h9,12-13,16,18,23,45H,4-8,10-11,14-15H2,1-3H3,(H,38,44)(H2,39,40,41,42). The molecule has 4 rings (SSSR count). The van der Waals surface area contributed by atoms with Gasteiger partial charge in [0.25, 0.3) is 12.3 Å². The minimum absolute atomic E-state index is 0.00143. The maximum absolute atomic E-state index is 13.6. The molecule has 1 amide bonds. The molecule has 9 nitrogen and oxygen atoms in total. The number of alkyl halides is 4. The Labute approximate surface area is 273 Å². The predicted molar refractivity (Wildman–Crippen MR) is 168 cm³/mol. The van der Waals surface area contributed by atoms with Gasteiger partial charge in [0.1, 0.15) is 5.60 Å². The van der Waals surface area contributed by atoms with Crippen molar-refractivity contribution >= 4 is 57.7 Å². The first-order valence-corrected chi connectivity index (χ1v) is 15.8. The number of H-pyrrole nitrogens is 1. The maximum atomic E-state index is 13.6. The van der Waals surface area contributed by atoms with Crippen LogP contribution in [0.2, 0.25) is 10.0 Å². The lowest BCUT2D eigenvalue weighted by Gasteiger charge is -2.31. The minimum atomic E-state index is -2.80. The van der Waals surface area contributed by atoms with Gasteiger partial charge in [-0.15, -0.1) is 0 Å². The van der Waals surface area contributed by atoms with Crippen molar-refractivity contribution in [3.05, 3.63) is 39.4 Å². The van der Waals surface area contributed by atoms with Crippen LogP contribution in [0.5, 0.6) is 5.88 Å². The van der Waals surface area contributed by atoms with Gasteiger partial charge in [-0.2, -0.15) is 9.97 Å². The van der Waals surface area contributed by atoms with Crippen molar-refractivity contribution in [1.29, 1.82) is 0 Å². The van der Waals surface area contributed by atoms with Crippen molar-refractivity contribution in [2.75, 3.05) is 11.9 Å². The number of amides is 1. The zero-order chi connectivity index (χ0) is 33.8. The highest BCUT2D eigenvalue weighted by molar-refractivity contribution is 6.39. The number of Topliss-reactive ketones (excluding diaryl/α,β-unsaturated/α-hetero) is 1. The molecular weight excluding hydrogens is 653 g/mol. The number of pyridine rings is 1. The van der Waals surface area contributed by atoms with Crippen LogP contribution in [0.25, 0.3) is 11.2 Å². The summed E-state index contributed by atoms with van der Waals surface area (Å²) in [6.45, 7) is 2.69. The van der Waals surface area contributed by atoms with Gasteiger partial charge in [0.05, 0.1) is 26.8 Å². The first-order valence-electron chi connectivity index (χ1n) is 15.0. The molecule has 0 spiro atoms. The number of carbonyl (C=O) groups is 2. The molecule has 1 aliphatic rings. The number of hydrogen-bond donors (Lipinski definition) is 4. The van der Waals surface area contributed by atoms with E-state index in [-0.39, 0.29) is 63.4 Å². The Morgan fingerprint density at radius 3 is 2.46 bits per heavy atom. The van der Waals surface area contributed by atoms with Gasteiger partial charge in [0, 0.05) is 18.9 Å². The molecule has 2 heterocycles. The lowest BCUT2D eigenvalue weighted by atomic mass is 9.77. The Kier molecular flexibility index (Phi) is 11.4. The lowest BCUT2D eigenvalue weighted by Crippen LogP contribution is -2.41. The number of fused-ring (bicyclic) bond motifs is 1. The molecule has 0 saturated heterocycles. The molecule has 1 aromatic carbocycles. The molecule has 252 valence electrons. The monoisotopic (exact) mass is 689 g/mol. The van der Waals surface area contributed by atoms with Crippen LogP contribution >= 0.6 is 23.2 Å². The zero-order valence-corrected chi connectivity index (χ0v) is 27.2. The molecule has 0 radical (unpaired) electrons. The van der Waals surface area contributed by atoms with E-state index < -0.39 is 36.4 Å². The molecule has 0 aliphatic heterocycles. The normalized spacial score (nSPS) is 17.4. The highest BCUT2D eigenvalue weighted by atomic mass is 35.5. The summed E-state index contributed by atoms with van der Waals surface area (Å²) in [7, 11) is 0. The van der Waals surface area contributed by atoms with E-state index in [1.165, 1.54) is 19.9 Å². The summed E-state index contributed by atoms with van der Waals surface area (Å²) >= 11 is 12.9. The zero-order valence-electron chi connectivity index (χ0n) is 25.7. The Bertz CT molecular complexity index is 1550. The van der Waals surface area contributed by atoms with Crippen LogP contribution in [-0.2, 0) is 11.3 Å². The molecule has 3 aromatic rings. The molecule has 15 heteroatoms. The number of halogens is 6. The minimum Gasteiger partial charge on any atom is -0.471 e. The molecule has 2 aromatic heterocycles. The Morgan fingerprint density at radius 2 is 1.83 bits per heavy atom. The van der Waals surface area contributed by atoms with Gasteiger partial charge < -0.3 is 25.5 Å². The van der Waals surface area contributed by atoms with Crippen LogP contribution in [0.4, 0.5) is 29.2 Å². The van der Waals surface area contributed by atoms with E-state index in [1.807, 2.05) is 0 Å². The fourth-order valence-corrected chi connectivity index (χ4v) is 5.97. The number of anilines is 2. The second-order valence-corrected chi connectivity index (χ2v) is 13.0. The number of ether oxygens (including phenoxy) is 1. The summed E-state index contributed by atoms with van der Waals surface area (Å²) in [5.41, 5.74) is -0.440.